The van der Waals surface area contributed by atoms with Gasteiger partial charge in [0.25, 0.3) is 11.6 Å². The molecule has 0 aromatic heterocycles. The van der Waals surface area contributed by atoms with Crippen LogP contribution in [0.1, 0.15) is 15.9 Å². The van der Waals surface area contributed by atoms with Crippen LogP contribution in [-0.2, 0) is 0 Å². The van der Waals surface area contributed by atoms with Gasteiger partial charge in [0.15, 0.2) is 0 Å². The van der Waals surface area contributed by atoms with Gasteiger partial charge in [0.05, 0.1) is 4.92 Å². The van der Waals surface area contributed by atoms with Gasteiger partial charge >= 0.3 is 0 Å². The molecular weight excluding hydrogens is 258 g/mol. The van der Waals surface area contributed by atoms with E-state index in [0.29, 0.717) is 16.9 Å². The molecule has 2 rings (SSSR count). The Morgan fingerprint density at radius 3 is 2.40 bits per heavy atom. The van der Waals surface area contributed by atoms with Crippen molar-refractivity contribution < 1.29 is 9.72 Å². The molecule has 102 valence electrons. The van der Waals surface area contributed by atoms with Crippen LogP contribution in [0.25, 0.3) is 0 Å². The number of amides is 1. The number of nitro groups is 1. The topological polar surface area (TPSA) is 98.3 Å². The maximum atomic E-state index is 12.0. The van der Waals surface area contributed by atoms with Gasteiger partial charge in [-0.3, -0.25) is 14.9 Å². The van der Waals surface area contributed by atoms with Crippen molar-refractivity contribution in [3.63, 3.8) is 0 Å². The highest BCUT2D eigenvalue weighted by Gasteiger charge is 2.09. The number of nitrogen functional groups attached to an aromatic ring is 1. The SMILES string of the molecule is Cc1ccc(C(=O)Nc2ccc([N+](=O)[O-])cc2)cc1N. The largest absolute Gasteiger partial charge is 0.398 e. The molecule has 2 aromatic rings. The molecule has 0 aliphatic rings. The van der Waals surface area contributed by atoms with E-state index in [-0.39, 0.29) is 11.6 Å². The van der Waals surface area contributed by atoms with Gasteiger partial charge in [0.2, 0.25) is 0 Å². The first-order valence-electron chi connectivity index (χ1n) is 5.89. The molecule has 0 spiro atoms. The Morgan fingerprint density at radius 2 is 1.85 bits per heavy atom. The zero-order valence-electron chi connectivity index (χ0n) is 10.8. The predicted molar refractivity (Wildman–Crippen MR) is 76.6 cm³/mol. The summed E-state index contributed by atoms with van der Waals surface area (Å²) in [6, 6.07) is 10.7. The number of rotatable bonds is 3. The lowest BCUT2D eigenvalue weighted by atomic mass is 10.1. The molecule has 6 heteroatoms. The Labute approximate surface area is 115 Å². The number of anilines is 2. The van der Waals surface area contributed by atoms with E-state index in [9.17, 15) is 14.9 Å². The van der Waals surface area contributed by atoms with Crippen molar-refractivity contribution >= 4 is 23.0 Å². The highest BCUT2D eigenvalue weighted by atomic mass is 16.6. The lowest BCUT2D eigenvalue weighted by molar-refractivity contribution is -0.384. The van der Waals surface area contributed by atoms with Crippen LogP contribution in [0.15, 0.2) is 42.5 Å². The molecule has 0 atom stereocenters. The van der Waals surface area contributed by atoms with Crippen molar-refractivity contribution in [1.29, 1.82) is 0 Å². The molecule has 6 nitrogen and oxygen atoms in total. The summed E-state index contributed by atoms with van der Waals surface area (Å²) in [5.41, 5.74) is 8.09. The number of nitrogens with zero attached hydrogens (tertiary/aromatic N) is 1. The number of nitrogens with one attached hydrogen (secondary N) is 1. The lowest BCUT2D eigenvalue weighted by Gasteiger charge is -2.07. The van der Waals surface area contributed by atoms with Crippen molar-refractivity contribution in [3.05, 3.63) is 63.7 Å². The van der Waals surface area contributed by atoms with Gasteiger partial charge in [-0.1, -0.05) is 6.07 Å². The molecule has 3 N–H and O–H groups in total. The summed E-state index contributed by atoms with van der Waals surface area (Å²) in [7, 11) is 0. The molecule has 2 aromatic carbocycles. The number of benzene rings is 2. The zero-order valence-corrected chi connectivity index (χ0v) is 10.8. The highest BCUT2D eigenvalue weighted by molar-refractivity contribution is 6.04. The van der Waals surface area contributed by atoms with E-state index in [2.05, 4.69) is 5.32 Å². The van der Waals surface area contributed by atoms with Crippen LogP contribution in [0.4, 0.5) is 17.1 Å². The molecule has 0 radical (unpaired) electrons. The number of hydrogen-bond acceptors (Lipinski definition) is 4. The lowest BCUT2D eigenvalue weighted by Crippen LogP contribution is -2.12. The monoisotopic (exact) mass is 271 g/mol. The van der Waals surface area contributed by atoms with Crippen molar-refractivity contribution in [2.75, 3.05) is 11.1 Å². The Morgan fingerprint density at radius 1 is 1.20 bits per heavy atom. The summed E-state index contributed by atoms with van der Waals surface area (Å²) < 4.78 is 0. The number of carbonyl (C=O) groups excluding carboxylic acids is 1. The Balaban J connectivity index is 2.14. The molecule has 20 heavy (non-hydrogen) atoms. The van der Waals surface area contributed by atoms with Crippen LogP contribution in [0, 0.1) is 17.0 Å². The minimum absolute atomic E-state index is 0.0254. The molecule has 0 heterocycles. The number of nitro benzene ring substituents is 1. The highest BCUT2D eigenvalue weighted by Crippen LogP contribution is 2.17. The molecule has 0 aliphatic heterocycles. The maximum absolute atomic E-state index is 12.0. The molecule has 0 aliphatic carbocycles. The molecule has 0 unspecified atom stereocenters. The van der Waals surface area contributed by atoms with E-state index in [4.69, 9.17) is 5.73 Å². The second-order valence-electron chi connectivity index (χ2n) is 4.33. The van der Waals surface area contributed by atoms with Crippen LogP contribution >= 0.6 is 0 Å². The van der Waals surface area contributed by atoms with Crippen LogP contribution < -0.4 is 11.1 Å². The third-order valence-corrected chi connectivity index (χ3v) is 2.88. The summed E-state index contributed by atoms with van der Waals surface area (Å²) >= 11 is 0. The first-order valence-corrected chi connectivity index (χ1v) is 5.89. The number of aryl methyl sites for hydroxylation is 1. The predicted octanol–water partition coefficient (Wildman–Crippen LogP) is 2.74. The average Bonchev–Trinajstić information content (AvgIpc) is 2.42. The molecule has 0 saturated carbocycles. The second kappa shape index (κ2) is 5.40. The standard InChI is InChI=1S/C14H13N3O3/c1-9-2-3-10(8-13(9)15)14(18)16-11-4-6-12(7-5-11)17(19)20/h2-8H,15H2,1H3,(H,16,18). The summed E-state index contributed by atoms with van der Waals surface area (Å²) in [6.45, 7) is 1.85. The fraction of sp³-hybridized carbons (Fsp3) is 0.0714. The number of non-ortho nitro benzene ring substituents is 1. The first-order chi connectivity index (χ1) is 9.47. The van der Waals surface area contributed by atoms with Gasteiger partial charge in [-0.15, -0.1) is 0 Å². The van der Waals surface area contributed by atoms with E-state index in [1.54, 1.807) is 18.2 Å². The summed E-state index contributed by atoms with van der Waals surface area (Å²) in [5, 5.41) is 13.2. The Hall–Kier alpha value is -2.89. The van der Waals surface area contributed by atoms with E-state index in [1.807, 2.05) is 6.92 Å². The van der Waals surface area contributed by atoms with E-state index < -0.39 is 4.92 Å². The minimum Gasteiger partial charge on any atom is -0.398 e. The van der Waals surface area contributed by atoms with Crippen LogP contribution in [0.3, 0.4) is 0 Å². The average molecular weight is 271 g/mol. The summed E-state index contributed by atoms with van der Waals surface area (Å²) in [4.78, 5) is 22.0. The second-order valence-corrected chi connectivity index (χ2v) is 4.33. The van der Waals surface area contributed by atoms with Crippen molar-refractivity contribution in [3.8, 4) is 0 Å². The third-order valence-electron chi connectivity index (χ3n) is 2.88. The van der Waals surface area contributed by atoms with Gasteiger partial charge < -0.3 is 11.1 Å². The van der Waals surface area contributed by atoms with Crippen LogP contribution in [-0.4, -0.2) is 10.8 Å². The van der Waals surface area contributed by atoms with Gasteiger partial charge in [-0.05, 0) is 36.8 Å². The van der Waals surface area contributed by atoms with Gasteiger partial charge in [-0.2, -0.15) is 0 Å². The Kier molecular flexibility index (Phi) is 3.65. The number of carbonyl (C=O) groups is 1. The van der Waals surface area contributed by atoms with Gasteiger partial charge in [0.1, 0.15) is 0 Å². The number of hydrogen-bond donors (Lipinski definition) is 2. The maximum Gasteiger partial charge on any atom is 0.269 e. The Bertz CT molecular complexity index is 666. The van der Waals surface area contributed by atoms with E-state index in [0.717, 1.165) is 5.56 Å². The normalized spacial score (nSPS) is 10.1. The van der Waals surface area contributed by atoms with Gasteiger partial charge in [0, 0.05) is 29.1 Å². The summed E-state index contributed by atoms with van der Waals surface area (Å²) in [6.07, 6.45) is 0. The van der Waals surface area contributed by atoms with Crippen LogP contribution in [0.2, 0.25) is 0 Å². The first kappa shape index (κ1) is 13.5. The number of nitrogens with two attached hydrogens (primary N) is 1. The van der Waals surface area contributed by atoms with Gasteiger partial charge in [-0.25, -0.2) is 0 Å². The third kappa shape index (κ3) is 2.92. The quantitative estimate of drug-likeness (QED) is 0.509. The zero-order chi connectivity index (χ0) is 14.7. The molecule has 0 fully saturated rings. The minimum atomic E-state index is -0.494. The van der Waals surface area contributed by atoms with E-state index >= 15 is 0 Å². The molecule has 1 amide bonds. The van der Waals surface area contributed by atoms with Crippen molar-refractivity contribution in [2.45, 2.75) is 6.92 Å². The van der Waals surface area contributed by atoms with Crippen molar-refractivity contribution in [1.82, 2.24) is 0 Å². The molecule has 0 saturated heterocycles. The molecular formula is C14H13N3O3. The smallest absolute Gasteiger partial charge is 0.269 e. The van der Waals surface area contributed by atoms with E-state index in [1.165, 1.54) is 24.3 Å². The fourth-order valence-corrected chi connectivity index (χ4v) is 1.65. The fourth-order valence-electron chi connectivity index (χ4n) is 1.65. The van der Waals surface area contributed by atoms with Crippen molar-refractivity contribution in [2.24, 2.45) is 0 Å². The molecule has 0 bridgehead atoms. The van der Waals surface area contributed by atoms with Crippen LogP contribution in [0.5, 0.6) is 0 Å². The summed E-state index contributed by atoms with van der Waals surface area (Å²) in [5.74, 6) is -0.314.